The second-order valence-electron chi connectivity index (χ2n) is 20.3. The Kier molecular flexibility index (Phi) is 9.27. The third kappa shape index (κ3) is 9.95. The average Bonchev–Trinajstić information content (AvgIpc) is 1.19. The number of aromatic hydroxyl groups is 1. The van der Waals surface area contributed by atoms with Gasteiger partial charge >= 0.3 is 0 Å². The second kappa shape index (κ2) is 19.1. The SMILES string of the molecule is [2H]c1c([2H])c(C(C([2H])([2H])[2H])(C([2H])([2H])[2H])C([2H])([2H])[2H])c([2H])c([2H])c1-c1ccnc(-c2[c-]c(-c3cccc4c3nc(-c3cc(C([2H])(C)C)cc(C([2H])(C)C)c3O)n4-c3ccc(-c4ccccc4C(C)(C)C)c(C([2H])(C)C)c3)cc(C(C)(C)C)c2)c1.[Pt]. The van der Waals surface area contributed by atoms with Gasteiger partial charge < -0.3 is 5.11 Å². The van der Waals surface area contributed by atoms with Gasteiger partial charge in [0.1, 0.15) is 11.6 Å². The van der Waals surface area contributed by atoms with Crippen LogP contribution in [0.4, 0.5) is 0 Å². The van der Waals surface area contributed by atoms with Gasteiger partial charge in [-0.05, 0) is 114 Å². The van der Waals surface area contributed by atoms with Crippen molar-refractivity contribution in [2.75, 3.05) is 0 Å². The molecule has 2 heterocycles. The molecule has 5 heteroatoms. The molecular formula is C63H70N3OPt-. The number of phenols is 1. The summed E-state index contributed by atoms with van der Waals surface area (Å²) in [4.78, 5) is 10.1. The Hall–Kier alpha value is -5.57. The number of fused-ring (bicyclic) bond motifs is 1. The molecular weight excluding hydrogens is 1010 g/mol. The number of phenolic OH excluding ortho intramolecular Hbond substituents is 1. The second-order valence-corrected chi connectivity index (χ2v) is 20.3. The fourth-order valence-corrected chi connectivity index (χ4v) is 8.59. The quantitative estimate of drug-likeness (QED) is 0.147. The van der Waals surface area contributed by atoms with E-state index in [1.807, 2.05) is 99.8 Å². The molecule has 4 nitrogen and oxygen atoms in total. The molecule has 0 amide bonds. The number of para-hydroxylation sites is 1. The molecule has 1 N–H and O–H groups in total. The van der Waals surface area contributed by atoms with Crippen molar-refractivity contribution in [1.82, 2.24) is 14.5 Å². The van der Waals surface area contributed by atoms with Crippen LogP contribution >= 0.6 is 0 Å². The summed E-state index contributed by atoms with van der Waals surface area (Å²) in [5.41, 5.74) is 3.23. The number of rotatable bonds is 9. The van der Waals surface area contributed by atoms with Crippen LogP contribution in [0.1, 0.15) is 177 Å². The van der Waals surface area contributed by atoms with E-state index >= 15 is 0 Å². The standard InChI is InChI=1S/C63H70N3O.Pt/c1-38(2)43-34-53(40(5)6)59(67)54(35-43)60-65-58-49(20-18-22-57(58)66(60)48-27-28-50(52(37-48)39(3)4)51-19-16-17-21-55(51)63(13,14)15)44-31-45(33-47(32-44)62(10,11)12)56-36-42(29-30-64-56)41-23-25-46(26-24-41)61(7,8)9;/h16-30,32-40,67H,1-15H3;/q-1;/i7D3,8D3,9D3,23D,24D,25D,26D,38D,39D,40D;. The number of nitrogens with zero attached hydrogens (tertiary/aromatic N) is 3. The average molecular weight is 1100 g/mol. The van der Waals surface area contributed by atoms with Gasteiger partial charge in [0.2, 0.25) is 0 Å². The molecule has 0 spiro atoms. The molecule has 8 aromatic rings. The van der Waals surface area contributed by atoms with Gasteiger partial charge in [-0.1, -0.05) is 194 Å². The Morgan fingerprint density at radius 1 is 0.618 bits per heavy atom. The van der Waals surface area contributed by atoms with E-state index in [0.29, 0.717) is 50.4 Å². The van der Waals surface area contributed by atoms with E-state index in [0.717, 1.165) is 27.8 Å². The van der Waals surface area contributed by atoms with E-state index in [9.17, 15) is 9.22 Å². The van der Waals surface area contributed by atoms with Gasteiger partial charge in [0.05, 0.1) is 22.1 Å². The summed E-state index contributed by atoms with van der Waals surface area (Å²) in [6.07, 6.45) is 1.39. The van der Waals surface area contributed by atoms with Crippen LogP contribution in [0.5, 0.6) is 5.75 Å². The van der Waals surface area contributed by atoms with Crippen molar-refractivity contribution in [2.45, 2.75) is 138 Å². The van der Waals surface area contributed by atoms with E-state index < -0.39 is 78.8 Å². The maximum atomic E-state index is 12.4. The molecule has 0 radical (unpaired) electrons. The predicted octanol–water partition coefficient (Wildman–Crippen LogP) is 17.5. The molecule has 0 saturated heterocycles. The van der Waals surface area contributed by atoms with E-state index in [-0.39, 0.29) is 54.6 Å². The minimum Gasteiger partial charge on any atom is -0.507 e. The molecule has 0 bridgehead atoms. The van der Waals surface area contributed by atoms with E-state index in [1.54, 1.807) is 39.8 Å². The summed E-state index contributed by atoms with van der Waals surface area (Å²) in [7, 11) is 0. The molecule has 354 valence electrons. The van der Waals surface area contributed by atoms with E-state index in [2.05, 4.69) is 44.0 Å². The van der Waals surface area contributed by atoms with E-state index in [1.165, 1.54) is 18.3 Å². The first-order chi connectivity index (χ1) is 37.8. The molecule has 2 aromatic heterocycles. The Morgan fingerprint density at radius 2 is 1.29 bits per heavy atom. The van der Waals surface area contributed by atoms with Crippen LogP contribution in [0.15, 0.2) is 127 Å². The number of hydrogen-bond acceptors (Lipinski definition) is 3. The van der Waals surface area contributed by atoms with Crippen LogP contribution < -0.4 is 0 Å². The third-order valence-electron chi connectivity index (χ3n) is 12.3. The van der Waals surface area contributed by atoms with Crippen molar-refractivity contribution in [3.8, 4) is 67.5 Å². The zero-order valence-corrected chi connectivity index (χ0v) is 43.2. The van der Waals surface area contributed by atoms with Crippen LogP contribution in [0, 0.1) is 6.07 Å². The maximum Gasteiger partial charge on any atom is 0.148 e. The molecule has 68 heavy (non-hydrogen) atoms. The maximum absolute atomic E-state index is 12.4. The summed E-state index contributed by atoms with van der Waals surface area (Å²) in [5, 5.41) is 12.4. The van der Waals surface area contributed by atoms with Crippen molar-refractivity contribution in [1.29, 1.82) is 0 Å². The van der Waals surface area contributed by atoms with Gasteiger partial charge in [0.15, 0.2) is 0 Å². The first-order valence-electron chi connectivity index (χ1n) is 30.6. The van der Waals surface area contributed by atoms with Gasteiger partial charge in [0, 0.05) is 55.1 Å². The van der Waals surface area contributed by atoms with Gasteiger partial charge in [-0.25, -0.2) is 4.98 Å². The molecule has 0 atom stereocenters. The number of pyridine rings is 1. The van der Waals surface area contributed by atoms with Crippen molar-refractivity contribution in [3.05, 3.63) is 167 Å². The van der Waals surface area contributed by atoms with Crippen molar-refractivity contribution < 1.29 is 48.1 Å². The zero-order chi connectivity index (χ0) is 62.1. The Labute approximate surface area is 444 Å². The molecule has 0 aliphatic rings. The Bertz CT molecular complexity index is 3800. The minimum atomic E-state index is -3.84. The fourth-order valence-electron chi connectivity index (χ4n) is 8.59. The van der Waals surface area contributed by atoms with Gasteiger partial charge in [-0.15, -0.1) is 29.3 Å². The smallest absolute Gasteiger partial charge is 0.148 e. The largest absolute Gasteiger partial charge is 0.507 e. The van der Waals surface area contributed by atoms with Gasteiger partial charge in [-0.3, -0.25) is 9.55 Å². The molecule has 0 fully saturated rings. The monoisotopic (exact) mass is 1100 g/mol. The normalized spacial score (nSPS) is 16.8. The molecule has 0 saturated carbocycles. The summed E-state index contributed by atoms with van der Waals surface area (Å²) >= 11 is 0. The molecule has 8 rings (SSSR count). The van der Waals surface area contributed by atoms with Crippen molar-refractivity contribution in [3.63, 3.8) is 0 Å². The van der Waals surface area contributed by atoms with Crippen molar-refractivity contribution in [2.24, 2.45) is 0 Å². The summed E-state index contributed by atoms with van der Waals surface area (Å²) in [5.74, 6) is -3.45. The topological polar surface area (TPSA) is 50.9 Å². The fraction of sp³-hybridized carbons (Fsp3) is 0.333. The number of imidazole rings is 1. The number of aromatic nitrogens is 3. The summed E-state index contributed by atoms with van der Waals surface area (Å²) < 4.78 is 141. The van der Waals surface area contributed by atoms with Gasteiger partial charge in [0.25, 0.3) is 0 Å². The molecule has 0 aliphatic heterocycles. The van der Waals surface area contributed by atoms with Crippen LogP contribution in [-0.4, -0.2) is 19.6 Å². The summed E-state index contributed by atoms with van der Waals surface area (Å²) in [6.45, 7) is 11.6. The minimum absolute atomic E-state index is 0. The van der Waals surface area contributed by atoms with Crippen molar-refractivity contribution >= 4 is 11.0 Å². The Morgan fingerprint density at radius 3 is 1.94 bits per heavy atom. The third-order valence-corrected chi connectivity index (χ3v) is 12.3. The molecule has 0 aliphatic carbocycles. The van der Waals surface area contributed by atoms with Crippen LogP contribution in [0.3, 0.4) is 0 Å². The zero-order valence-electron chi connectivity index (χ0n) is 56.9. The number of benzene rings is 6. The molecule has 0 unspecified atom stereocenters. The summed E-state index contributed by atoms with van der Waals surface area (Å²) in [6, 6.07) is 29.7. The Balaban J connectivity index is 0.0000101. The van der Waals surface area contributed by atoms with Crippen LogP contribution in [-0.2, 0) is 37.3 Å². The molecule has 6 aromatic carbocycles. The number of hydrogen-bond donors (Lipinski definition) is 1. The van der Waals surface area contributed by atoms with Crippen LogP contribution in [0.25, 0.3) is 72.7 Å². The first kappa shape index (κ1) is 33.0. The predicted molar refractivity (Wildman–Crippen MR) is 285 cm³/mol. The van der Waals surface area contributed by atoms with Gasteiger partial charge in [-0.2, -0.15) is 0 Å². The first-order valence-corrected chi connectivity index (χ1v) is 22.6. The van der Waals surface area contributed by atoms with Crippen LogP contribution in [0.2, 0.25) is 0 Å². The van der Waals surface area contributed by atoms with E-state index in [4.69, 9.17) is 22.8 Å².